The molecule has 1 aliphatic carbocycles. The van der Waals surface area contributed by atoms with Gasteiger partial charge in [0.15, 0.2) is 5.78 Å². The summed E-state index contributed by atoms with van der Waals surface area (Å²) < 4.78 is 0. The van der Waals surface area contributed by atoms with Gasteiger partial charge in [-0.3, -0.25) is 4.79 Å². The Balaban J connectivity index is 2.02. The van der Waals surface area contributed by atoms with Crippen LogP contribution in [0.25, 0.3) is 11.3 Å². The van der Waals surface area contributed by atoms with Crippen molar-refractivity contribution in [3.63, 3.8) is 0 Å². The number of fused-ring (bicyclic) bond motifs is 1. The van der Waals surface area contributed by atoms with E-state index in [0.717, 1.165) is 23.4 Å². The van der Waals surface area contributed by atoms with Crippen molar-refractivity contribution in [2.24, 2.45) is 0 Å². The summed E-state index contributed by atoms with van der Waals surface area (Å²) >= 11 is 0. The molecule has 3 nitrogen and oxygen atoms in total. The average Bonchev–Trinajstić information content (AvgIpc) is 2.70. The van der Waals surface area contributed by atoms with Gasteiger partial charge in [0.25, 0.3) is 0 Å². The molecule has 3 rings (SSSR count). The summed E-state index contributed by atoms with van der Waals surface area (Å²) in [5.41, 5.74) is 3.46. The first-order valence-electron chi connectivity index (χ1n) is 7.49. The number of ketones is 1. The van der Waals surface area contributed by atoms with Crippen molar-refractivity contribution in [3.8, 4) is 11.3 Å². The minimum absolute atomic E-state index is 0.0934. The Morgan fingerprint density at radius 2 is 1.68 bits per heavy atom. The first kappa shape index (κ1) is 14.3. The summed E-state index contributed by atoms with van der Waals surface area (Å²) in [6.07, 6.45) is 0.388. The second-order valence-electron chi connectivity index (χ2n) is 5.16. The molecule has 0 bridgehead atoms. The number of benzene rings is 1. The van der Waals surface area contributed by atoms with E-state index in [1.807, 2.05) is 67.6 Å². The summed E-state index contributed by atoms with van der Waals surface area (Å²) in [4.78, 5) is 17.4. The zero-order chi connectivity index (χ0) is 15.4. The molecule has 110 valence electrons. The molecule has 1 heterocycles. The van der Waals surface area contributed by atoms with Gasteiger partial charge in [0.1, 0.15) is 5.82 Å². The number of nitrogens with one attached hydrogen (secondary N) is 1. The fourth-order valence-electron chi connectivity index (χ4n) is 2.60. The third kappa shape index (κ3) is 2.84. The number of nitrogens with zero attached hydrogens (tertiary/aromatic N) is 1. The van der Waals surface area contributed by atoms with Crippen LogP contribution in [0.3, 0.4) is 0 Å². The van der Waals surface area contributed by atoms with E-state index in [-0.39, 0.29) is 5.78 Å². The highest BCUT2D eigenvalue weighted by atomic mass is 16.1. The Morgan fingerprint density at radius 1 is 1.00 bits per heavy atom. The number of Topliss-reactive ketones (excluding diaryl/α,β-unsaturated/α-hetero) is 1. The molecule has 1 N–H and O–H groups in total. The van der Waals surface area contributed by atoms with E-state index < -0.39 is 0 Å². The lowest BCUT2D eigenvalue weighted by Crippen LogP contribution is -2.08. The van der Waals surface area contributed by atoms with Gasteiger partial charge < -0.3 is 5.32 Å². The summed E-state index contributed by atoms with van der Waals surface area (Å²) in [7, 11) is 0. The minimum atomic E-state index is 0.0934. The van der Waals surface area contributed by atoms with Crippen LogP contribution >= 0.6 is 0 Å². The maximum Gasteiger partial charge on any atom is 0.171 e. The lowest BCUT2D eigenvalue weighted by Gasteiger charge is -2.05. The van der Waals surface area contributed by atoms with E-state index in [2.05, 4.69) is 10.3 Å². The lowest BCUT2D eigenvalue weighted by molar-refractivity contribution is 0.0994. The van der Waals surface area contributed by atoms with Crippen molar-refractivity contribution in [1.82, 2.24) is 4.98 Å². The van der Waals surface area contributed by atoms with Crippen molar-refractivity contribution in [2.75, 3.05) is 11.9 Å². The molecule has 0 radical (unpaired) electrons. The van der Waals surface area contributed by atoms with Gasteiger partial charge in [0.2, 0.25) is 0 Å². The van der Waals surface area contributed by atoms with E-state index in [9.17, 15) is 4.79 Å². The number of anilines is 1. The largest absolute Gasteiger partial charge is 0.370 e. The van der Waals surface area contributed by atoms with E-state index in [0.29, 0.717) is 17.8 Å². The SMILES string of the molecule is CCNc1nc2cccccc-2c1C(=O)Cc1ccccc1. The van der Waals surface area contributed by atoms with Gasteiger partial charge in [-0.05, 0) is 18.6 Å². The fraction of sp³-hybridized carbons (Fsp3) is 0.158. The predicted molar refractivity (Wildman–Crippen MR) is 89.5 cm³/mol. The molecule has 1 aromatic rings. The topological polar surface area (TPSA) is 42.0 Å². The zero-order valence-electron chi connectivity index (χ0n) is 12.5. The first-order valence-corrected chi connectivity index (χ1v) is 7.49. The molecular formula is C19H18N2O. The van der Waals surface area contributed by atoms with Crippen LogP contribution in [0.5, 0.6) is 0 Å². The number of aromatic nitrogens is 1. The zero-order valence-corrected chi connectivity index (χ0v) is 12.5. The molecule has 0 saturated carbocycles. The fourth-order valence-corrected chi connectivity index (χ4v) is 2.60. The van der Waals surface area contributed by atoms with Gasteiger partial charge in [0, 0.05) is 18.5 Å². The Hall–Kier alpha value is -2.68. The number of hydrogen-bond donors (Lipinski definition) is 1. The van der Waals surface area contributed by atoms with Crippen LogP contribution < -0.4 is 5.32 Å². The van der Waals surface area contributed by atoms with Crippen LogP contribution in [-0.2, 0) is 6.42 Å². The molecule has 0 aromatic heterocycles. The predicted octanol–water partition coefficient (Wildman–Crippen LogP) is 4.04. The summed E-state index contributed by atoms with van der Waals surface area (Å²) in [6, 6.07) is 19.5. The quantitative estimate of drug-likeness (QED) is 0.721. The Kier molecular flexibility index (Phi) is 4.15. The molecular weight excluding hydrogens is 272 g/mol. The second kappa shape index (κ2) is 6.39. The monoisotopic (exact) mass is 290 g/mol. The van der Waals surface area contributed by atoms with Gasteiger partial charge in [-0.1, -0.05) is 54.6 Å². The summed E-state index contributed by atoms with van der Waals surface area (Å²) in [5, 5.41) is 3.21. The standard InChI is InChI=1S/C19H18N2O/c1-2-20-19-18(15-11-7-4-8-12-16(15)21-19)17(22)13-14-9-5-3-6-10-14/h3-12H,2,13H2,1H3,(H,20,21). The third-order valence-electron chi connectivity index (χ3n) is 3.58. The van der Waals surface area contributed by atoms with E-state index in [1.165, 1.54) is 0 Å². The molecule has 0 saturated heterocycles. The van der Waals surface area contributed by atoms with E-state index in [4.69, 9.17) is 0 Å². The maximum absolute atomic E-state index is 12.8. The minimum Gasteiger partial charge on any atom is -0.370 e. The Morgan fingerprint density at radius 3 is 2.41 bits per heavy atom. The summed E-state index contributed by atoms with van der Waals surface area (Å²) in [6.45, 7) is 2.74. The highest BCUT2D eigenvalue weighted by Gasteiger charge is 2.22. The van der Waals surface area contributed by atoms with Gasteiger partial charge in [-0.2, -0.15) is 0 Å². The van der Waals surface area contributed by atoms with Gasteiger partial charge >= 0.3 is 0 Å². The molecule has 1 aromatic carbocycles. The third-order valence-corrected chi connectivity index (χ3v) is 3.58. The van der Waals surface area contributed by atoms with Crippen molar-refractivity contribution in [3.05, 3.63) is 71.8 Å². The van der Waals surface area contributed by atoms with Crippen molar-refractivity contribution < 1.29 is 4.79 Å². The molecule has 0 fully saturated rings. The van der Waals surface area contributed by atoms with Crippen LogP contribution in [-0.4, -0.2) is 17.3 Å². The van der Waals surface area contributed by atoms with Crippen molar-refractivity contribution >= 4 is 11.6 Å². The van der Waals surface area contributed by atoms with Crippen LogP contribution in [0.1, 0.15) is 22.8 Å². The number of carbonyl (C=O) groups excluding carboxylic acids is 1. The molecule has 0 unspecified atom stereocenters. The number of carbonyl (C=O) groups is 1. The van der Waals surface area contributed by atoms with Gasteiger partial charge in [-0.15, -0.1) is 0 Å². The Bertz CT molecular complexity index is 753. The molecule has 1 aliphatic heterocycles. The Labute approximate surface area is 130 Å². The number of hydrogen-bond acceptors (Lipinski definition) is 3. The van der Waals surface area contributed by atoms with Crippen LogP contribution in [0, 0.1) is 0 Å². The van der Waals surface area contributed by atoms with Crippen LogP contribution in [0.4, 0.5) is 5.82 Å². The van der Waals surface area contributed by atoms with Crippen LogP contribution in [0.2, 0.25) is 0 Å². The second-order valence-corrected chi connectivity index (χ2v) is 5.16. The van der Waals surface area contributed by atoms with E-state index in [1.54, 1.807) is 0 Å². The first-order chi connectivity index (χ1) is 10.8. The molecule has 3 heteroatoms. The normalized spacial score (nSPS) is 10.6. The molecule has 2 aliphatic rings. The smallest absolute Gasteiger partial charge is 0.171 e. The van der Waals surface area contributed by atoms with Crippen molar-refractivity contribution in [2.45, 2.75) is 13.3 Å². The molecule has 0 spiro atoms. The highest BCUT2D eigenvalue weighted by molar-refractivity contribution is 6.08. The maximum atomic E-state index is 12.8. The number of rotatable bonds is 5. The highest BCUT2D eigenvalue weighted by Crippen LogP contribution is 2.32. The molecule has 0 amide bonds. The van der Waals surface area contributed by atoms with Crippen LogP contribution in [0.15, 0.2) is 60.7 Å². The van der Waals surface area contributed by atoms with Gasteiger partial charge in [-0.25, -0.2) is 4.98 Å². The van der Waals surface area contributed by atoms with E-state index >= 15 is 0 Å². The van der Waals surface area contributed by atoms with Crippen molar-refractivity contribution in [1.29, 1.82) is 0 Å². The lowest BCUT2D eigenvalue weighted by atomic mass is 10.00. The molecule has 0 atom stereocenters. The average molecular weight is 290 g/mol. The van der Waals surface area contributed by atoms with Gasteiger partial charge in [0.05, 0.1) is 11.3 Å². The summed E-state index contributed by atoms with van der Waals surface area (Å²) in [5.74, 6) is 0.778. The molecule has 22 heavy (non-hydrogen) atoms.